The summed E-state index contributed by atoms with van der Waals surface area (Å²) in [5, 5.41) is 2.12. The first kappa shape index (κ1) is 24.8. The van der Waals surface area contributed by atoms with Crippen molar-refractivity contribution in [1.29, 1.82) is 0 Å². The molecule has 174 valence electrons. The van der Waals surface area contributed by atoms with E-state index in [1.165, 1.54) is 16.0 Å². The SMILES string of the molecule is CCCN(CC(=O)N1CCc2sccc2C1c1ccc(C(C)(C)C)cc1)C(=O)CCCCl. The molecule has 1 aromatic carbocycles. The van der Waals surface area contributed by atoms with Gasteiger partial charge in [0, 0.05) is 30.3 Å². The average Bonchev–Trinajstić information content (AvgIpc) is 3.24. The second-order valence-electron chi connectivity index (χ2n) is 9.52. The number of amides is 2. The molecule has 0 bridgehead atoms. The van der Waals surface area contributed by atoms with Crippen LogP contribution in [0.3, 0.4) is 0 Å². The summed E-state index contributed by atoms with van der Waals surface area (Å²) in [5.74, 6) is 0.485. The Morgan fingerprint density at radius 1 is 1.19 bits per heavy atom. The molecule has 3 rings (SSSR count). The molecule has 1 aromatic heterocycles. The zero-order valence-corrected chi connectivity index (χ0v) is 21.3. The Balaban J connectivity index is 1.87. The number of rotatable bonds is 8. The summed E-state index contributed by atoms with van der Waals surface area (Å²) in [6.45, 7) is 10.1. The molecule has 0 aliphatic carbocycles. The normalized spacial score (nSPS) is 16.0. The Hall–Kier alpha value is -1.85. The quantitative estimate of drug-likeness (QED) is 0.455. The van der Waals surface area contributed by atoms with E-state index in [4.69, 9.17) is 11.6 Å². The molecule has 1 atom stereocenters. The molecular formula is C26H35ClN2O2S. The molecule has 1 unspecified atom stereocenters. The summed E-state index contributed by atoms with van der Waals surface area (Å²) < 4.78 is 0. The fourth-order valence-corrected chi connectivity index (χ4v) is 5.34. The minimum Gasteiger partial charge on any atom is -0.333 e. The van der Waals surface area contributed by atoms with E-state index < -0.39 is 0 Å². The van der Waals surface area contributed by atoms with Crippen LogP contribution in [0.15, 0.2) is 35.7 Å². The molecule has 2 heterocycles. The minimum absolute atomic E-state index is 0.0134. The van der Waals surface area contributed by atoms with Gasteiger partial charge in [0.25, 0.3) is 0 Å². The van der Waals surface area contributed by atoms with E-state index in [2.05, 4.69) is 56.5 Å². The van der Waals surface area contributed by atoms with Crippen molar-refractivity contribution in [2.45, 2.75) is 64.8 Å². The van der Waals surface area contributed by atoms with Gasteiger partial charge in [0.15, 0.2) is 0 Å². The number of alkyl halides is 1. The Bertz CT molecular complexity index is 917. The number of halogens is 1. The van der Waals surface area contributed by atoms with E-state index >= 15 is 0 Å². The zero-order chi connectivity index (χ0) is 23.3. The molecule has 1 aliphatic heterocycles. The van der Waals surface area contributed by atoms with Gasteiger partial charge >= 0.3 is 0 Å². The molecule has 1 aliphatic rings. The Labute approximate surface area is 201 Å². The van der Waals surface area contributed by atoms with Crippen LogP contribution in [-0.2, 0) is 21.4 Å². The lowest BCUT2D eigenvalue weighted by atomic mass is 9.85. The monoisotopic (exact) mass is 474 g/mol. The lowest BCUT2D eigenvalue weighted by Gasteiger charge is -2.38. The van der Waals surface area contributed by atoms with Crippen LogP contribution in [0, 0.1) is 0 Å². The molecule has 2 amide bonds. The van der Waals surface area contributed by atoms with Gasteiger partial charge in [-0.2, -0.15) is 0 Å². The van der Waals surface area contributed by atoms with Crippen molar-refractivity contribution in [3.63, 3.8) is 0 Å². The first-order valence-electron chi connectivity index (χ1n) is 11.6. The predicted octanol–water partition coefficient (Wildman–Crippen LogP) is 5.78. The van der Waals surface area contributed by atoms with E-state index in [1.54, 1.807) is 16.2 Å². The second-order valence-corrected chi connectivity index (χ2v) is 10.9. The third-order valence-electron chi connectivity index (χ3n) is 6.08. The van der Waals surface area contributed by atoms with E-state index in [-0.39, 0.29) is 29.8 Å². The molecule has 32 heavy (non-hydrogen) atoms. The van der Waals surface area contributed by atoms with Crippen LogP contribution in [0.25, 0.3) is 0 Å². The van der Waals surface area contributed by atoms with Gasteiger partial charge in [-0.3, -0.25) is 9.59 Å². The van der Waals surface area contributed by atoms with Gasteiger partial charge < -0.3 is 9.80 Å². The van der Waals surface area contributed by atoms with Crippen molar-refractivity contribution in [2.75, 3.05) is 25.5 Å². The average molecular weight is 475 g/mol. The summed E-state index contributed by atoms with van der Waals surface area (Å²) in [4.78, 5) is 31.2. The minimum atomic E-state index is -0.104. The van der Waals surface area contributed by atoms with Crippen molar-refractivity contribution in [3.8, 4) is 0 Å². The molecule has 0 saturated heterocycles. The molecule has 6 heteroatoms. The van der Waals surface area contributed by atoms with E-state index in [0.29, 0.717) is 31.8 Å². The fraction of sp³-hybridized carbons (Fsp3) is 0.538. The third-order valence-corrected chi connectivity index (χ3v) is 7.34. The molecule has 0 spiro atoms. The zero-order valence-electron chi connectivity index (χ0n) is 19.7. The number of hydrogen-bond acceptors (Lipinski definition) is 3. The van der Waals surface area contributed by atoms with Crippen LogP contribution < -0.4 is 0 Å². The Morgan fingerprint density at radius 3 is 2.53 bits per heavy atom. The number of thiophene rings is 1. The number of benzene rings is 1. The Morgan fingerprint density at radius 2 is 1.91 bits per heavy atom. The van der Waals surface area contributed by atoms with E-state index in [0.717, 1.165) is 18.4 Å². The van der Waals surface area contributed by atoms with Gasteiger partial charge in [0.2, 0.25) is 11.8 Å². The van der Waals surface area contributed by atoms with Gasteiger partial charge in [0.05, 0.1) is 12.6 Å². The molecule has 0 radical (unpaired) electrons. The van der Waals surface area contributed by atoms with E-state index in [9.17, 15) is 9.59 Å². The van der Waals surface area contributed by atoms with Crippen molar-refractivity contribution >= 4 is 34.8 Å². The van der Waals surface area contributed by atoms with Crippen molar-refractivity contribution in [3.05, 3.63) is 57.3 Å². The summed E-state index contributed by atoms with van der Waals surface area (Å²) in [5.41, 5.74) is 3.70. The number of hydrogen-bond donors (Lipinski definition) is 0. The highest BCUT2D eigenvalue weighted by Crippen LogP contribution is 2.38. The lowest BCUT2D eigenvalue weighted by Crippen LogP contribution is -2.47. The van der Waals surface area contributed by atoms with Gasteiger partial charge in [-0.1, -0.05) is 52.0 Å². The lowest BCUT2D eigenvalue weighted by molar-refractivity contribution is -0.141. The highest BCUT2D eigenvalue weighted by Gasteiger charge is 2.34. The van der Waals surface area contributed by atoms with Gasteiger partial charge in [-0.05, 0) is 52.8 Å². The van der Waals surface area contributed by atoms with Gasteiger partial charge in [-0.25, -0.2) is 0 Å². The van der Waals surface area contributed by atoms with Crippen LogP contribution in [0.2, 0.25) is 0 Å². The predicted molar refractivity (Wildman–Crippen MR) is 134 cm³/mol. The first-order chi connectivity index (χ1) is 15.3. The van der Waals surface area contributed by atoms with Crippen molar-refractivity contribution in [1.82, 2.24) is 9.80 Å². The maximum atomic E-state index is 13.5. The van der Waals surface area contributed by atoms with Crippen LogP contribution in [0.1, 0.15) is 74.6 Å². The molecule has 0 saturated carbocycles. The van der Waals surface area contributed by atoms with Gasteiger partial charge in [-0.15, -0.1) is 22.9 Å². The highest BCUT2D eigenvalue weighted by molar-refractivity contribution is 7.10. The smallest absolute Gasteiger partial charge is 0.242 e. The van der Waals surface area contributed by atoms with Crippen molar-refractivity contribution < 1.29 is 9.59 Å². The third kappa shape index (κ3) is 5.74. The molecule has 0 N–H and O–H groups in total. The summed E-state index contributed by atoms with van der Waals surface area (Å²) in [7, 11) is 0. The molecular weight excluding hydrogens is 440 g/mol. The van der Waals surface area contributed by atoms with Crippen LogP contribution in [0.4, 0.5) is 0 Å². The van der Waals surface area contributed by atoms with Gasteiger partial charge in [0.1, 0.15) is 0 Å². The second kappa shape index (κ2) is 10.8. The molecule has 4 nitrogen and oxygen atoms in total. The number of fused-ring (bicyclic) bond motifs is 1. The van der Waals surface area contributed by atoms with Crippen LogP contribution >= 0.6 is 22.9 Å². The largest absolute Gasteiger partial charge is 0.333 e. The Kier molecular flexibility index (Phi) is 8.40. The summed E-state index contributed by atoms with van der Waals surface area (Å²) >= 11 is 7.54. The maximum Gasteiger partial charge on any atom is 0.242 e. The first-order valence-corrected chi connectivity index (χ1v) is 13.0. The highest BCUT2D eigenvalue weighted by atomic mass is 35.5. The number of carbonyl (C=O) groups excluding carboxylic acids is 2. The standard InChI is InChI=1S/C26H35ClN2O2S/c1-5-15-28(23(30)7-6-14-27)18-24(31)29-16-12-22-21(13-17-32-22)25(29)19-8-10-20(11-9-19)26(2,3)4/h8-11,13,17,25H,5-7,12,14-16,18H2,1-4H3. The summed E-state index contributed by atoms with van der Waals surface area (Å²) in [6, 6.07) is 10.7. The summed E-state index contributed by atoms with van der Waals surface area (Å²) in [6.07, 6.45) is 2.72. The molecule has 0 fully saturated rings. The topological polar surface area (TPSA) is 40.6 Å². The fourth-order valence-electron chi connectivity index (χ4n) is 4.30. The van der Waals surface area contributed by atoms with E-state index in [1.807, 2.05) is 11.8 Å². The number of nitrogens with zero attached hydrogens (tertiary/aromatic N) is 2. The van der Waals surface area contributed by atoms with Crippen molar-refractivity contribution in [2.24, 2.45) is 0 Å². The maximum absolute atomic E-state index is 13.5. The van der Waals surface area contributed by atoms with Crippen LogP contribution in [-0.4, -0.2) is 47.1 Å². The molecule has 2 aromatic rings. The number of carbonyl (C=O) groups is 2. The van der Waals surface area contributed by atoms with Crippen LogP contribution in [0.5, 0.6) is 0 Å².